The monoisotopic (exact) mass is 514 g/mol. The van der Waals surface area contributed by atoms with Gasteiger partial charge in [0.1, 0.15) is 0 Å². The predicted molar refractivity (Wildman–Crippen MR) is 121 cm³/mol. The van der Waals surface area contributed by atoms with Crippen molar-refractivity contribution in [3.8, 4) is 0 Å². The van der Waals surface area contributed by atoms with Crippen molar-refractivity contribution in [1.82, 2.24) is 14.5 Å². The number of benzene rings is 2. The van der Waals surface area contributed by atoms with Crippen LogP contribution < -0.4 is 5.32 Å². The molecule has 3 aromatic rings. The maximum Gasteiger partial charge on any atom is 0.416 e. The Hall–Kier alpha value is -3.44. The zero-order valence-corrected chi connectivity index (χ0v) is 19.3. The maximum absolute atomic E-state index is 13.2. The zero-order valence-electron chi connectivity index (χ0n) is 19.3. The Balaban J connectivity index is 1.61. The SMILES string of the molecule is CCOC(=O)N1CCC(Nc2nc3cc(C(F)(F)F)ccc3n2Cc2ccc(C(F)(F)F)cc2)CC1. The van der Waals surface area contributed by atoms with Crippen LogP contribution >= 0.6 is 0 Å². The fourth-order valence-electron chi connectivity index (χ4n) is 4.16. The Kier molecular flexibility index (Phi) is 7.05. The van der Waals surface area contributed by atoms with Crippen LogP contribution in [0.1, 0.15) is 36.5 Å². The van der Waals surface area contributed by atoms with Gasteiger partial charge in [0, 0.05) is 19.1 Å². The lowest BCUT2D eigenvalue weighted by Gasteiger charge is -2.32. The first kappa shape index (κ1) is 25.6. The first-order valence-electron chi connectivity index (χ1n) is 11.4. The number of nitrogens with one attached hydrogen (secondary N) is 1. The Morgan fingerprint density at radius 3 is 2.19 bits per heavy atom. The van der Waals surface area contributed by atoms with E-state index in [0.29, 0.717) is 43.0 Å². The summed E-state index contributed by atoms with van der Waals surface area (Å²) in [5, 5.41) is 3.26. The number of rotatable bonds is 5. The highest BCUT2D eigenvalue weighted by Crippen LogP contribution is 2.33. The number of halogens is 6. The Labute approximate surface area is 202 Å². The highest BCUT2D eigenvalue weighted by molar-refractivity contribution is 5.80. The number of nitrogens with zero attached hydrogens (tertiary/aromatic N) is 3. The number of aromatic nitrogens is 2. The smallest absolute Gasteiger partial charge is 0.416 e. The molecule has 0 saturated carbocycles. The normalized spacial score (nSPS) is 15.4. The molecular formula is C24H24F6N4O2. The summed E-state index contributed by atoms with van der Waals surface area (Å²) in [5.41, 5.74) is -0.577. The summed E-state index contributed by atoms with van der Waals surface area (Å²) in [7, 11) is 0. The third-order valence-electron chi connectivity index (χ3n) is 6.05. The minimum absolute atomic E-state index is 0.101. The van der Waals surface area contributed by atoms with E-state index >= 15 is 0 Å². The molecule has 2 aromatic carbocycles. The molecule has 0 spiro atoms. The summed E-state index contributed by atoms with van der Waals surface area (Å²) in [5.74, 6) is 0.304. The third-order valence-corrected chi connectivity index (χ3v) is 6.05. The number of amides is 1. The fraction of sp³-hybridized carbons (Fsp3) is 0.417. The van der Waals surface area contributed by atoms with Crippen LogP contribution in [0.2, 0.25) is 0 Å². The van der Waals surface area contributed by atoms with Crippen LogP contribution in [0.15, 0.2) is 42.5 Å². The molecule has 0 radical (unpaired) electrons. The minimum Gasteiger partial charge on any atom is -0.450 e. The van der Waals surface area contributed by atoms with Crippen molar-refractivity contribution in [2.75, 3.05) is 25.0 Å². The van der Waals surface area contributed by atoms with Gasteiger partial charge in [-0.1, -0.05) is 12.1 Å². The van der Waals surface area contributed by atoms with Crippen LogP contribution in [0.5, 0.6) is 0 Å². The van der Waals surface area contributed by atoms with Crippen molar-refractivity contribution in [2.24, 2.45) is 0 Å². The van der Waals surface area contributed by atoms with Crippen LogP contribution in [0.3, 0.4) is 0 Å². The van der Waals surface area contributed by atoms with E-state index in [1.807, 2.05) is 0 Å². The molecule has 1 N–H and O–H groups in total. The fourth-order valence-corrected chi connectivity index (χ4v) is 4.16. The molecule has 0 aliphatic carbocycles. The van der Waals surface area contributed by atoms with E-state index in [1.165, 1.54) is 18.2 Å². The van der Waals surface area contributed by atoms with Gasteiger partial charge in [0.15, 0.2) is 0 Å². The average molecular weight is 514 g/mol. The summed E-state index contributed by atoms with van der Waals surface area (Å²) in [6.07, 6.45) is -8.28. The summed E-state index contributed by atoms with van der Waals surface area (Å²) in [6, 6.07) is 7.70. The van der Waals surface area contributed by atoms with E-state index < -0.39 is 29.6 Å². The molecule has 4 rings (SSSR count). The highest BCUT2D eigenvalue weighted by Gasteiger charge is 2.32. The predicted octanol–water partition coefficient (Wildman–Crippen LogP) is 6.16. The van der Waals surface area contributed by atoms with Crippen LogP contribution in [0, 0.1) is 0 Å². The molecule has 1 aliphatic rings. The minimum atomic E-state index is -4.54. The number of imidazole rings is 1. The second-order valence-corrected chi connectivity index (χ2v) is 8.52. The molecular weight excluding hydrogens is 490 g/mol. The van der Waals surface area contributed by atoms with Crippen molar-refractivity contribution in [3.05, 3.63) is 59.2 Å². The molecule has 1 amide bonds. The van der Waals surface area contributed by atoms with E-state index in [1.54, 1.807) is 16.4 Å². The molecule has 2 heterocycles. The van der Waals surface area contributed by atoms with Crippen molar-refractivity contribution in [3.63, 3.8) is 0 Å². The standard InChI is InChI=1S/C24H24F6N4O2/c1-2-36-22(35)33-11-9-18(10-12-33)31-21-32-19-13-17(24(28,29)30)7-8-20(19)34(21)14-15-3-5-16(6-4-15)23(25,26)27/h3-8,13,18H,2,9-12,14H2,1H3,(H,31,32). The molecule has 1 saturated heterocycles. The second-order valence-electron chi connectivity index (χ2n) is 8.52. The molecule has 194 valence electrons. The number of piperidine rings is 1. The van der Waals surface area contributed by atoms with Crippen molar-refractivity contribution in [1.29, 1.82) is 0 Å². The van der Waals surface area contributed by atoms with Gasteiger partial charge in [-0.2, -0.15) is 26.3 Å². The number of carbonyl (C=O) groups excluding carboxylic acids is 1. The topological polar surface area (TPSA) is 59.4 Å². The molecule has 1 aromatic heterocycles. The summed E-state index contributed by atoms with van der Waals surface area (Å²) >= 11 is 0. The van der Waals surface area contributed by atoms with E-state index in [2.05, 4.69) is 10.3 Å². The lowest BCUT2D eigenvalue weighted by atomic mass is 10.1. The first-order valence-corrected chi connectivity index (χ1v) is 11.4. The van der Waals surface area contributed by atoms with E-state index in [0.717, 1.165) is 24.3 Å². The quantitative estimate of drug-likeness (QED) is 0.415. The molecule has 6 nitrogen and oxygen atoms in total. The van der Waals surface area contributed by atoms with E-state index in [-0.39, 0.29) is 24.7 Å². The molecule has 0 atom stereocenters. The number of fused-ring (bicyclic) bond motifs is 1. The first-order chi connectivity index (χ1) is 17.0. The van der Waals surface area contributed by atoms with E-state index in [4.69, 9.17) is 4.74 Å². The average Bonchev–Trinajstić information content (AvgIpc) is 3.15. The van der Waals surface area contributed by atoms with Crippen molar-refractivity contribution < 1.29 is 35.9 Å². The van der Waals surface area contributed by atoms with Crippen molar-refractivity contribution >= 4 is 23.1 Å². The molecule has 1 aliphatic heterocycles. The molecule has 0 bridgehead atoms. The number of alkyl halides is 6. The Morgan fingerprint density at radius 2 is 1.61 bits per heavy atom. The molecule has 0 unspecified atom stereocenters. The summed E-state index contributed by atoms with van der Waals surface area (Å²) in [6.45, 7) is 2.97. The lowest BCUT2D eigenvalue weighted by Crippen LogP contribution is -2.42. The van der Waals surface area contributed by atoms with Gasteiger partial charge in [-0.25, -0.2) is 9.78 Å². The van der Waals surface area contributed by atoms with Crippen molar-refractivity contribution in [2.45, 2.75) is 44.7 Å². The number of hydrogen-bond donors (Lipinski definition) is 1. The van der Waals surface area contributed by atoms with E-state index in [9.17, 15) is 31.1 Å². The number of ether oxygens (including phenoxy) is 1. The van der Waals surface area contributed by atoms with Gasteiger partial charge < -0.3 is 19.5 Å². The van der Waals surface area contributed by atoms with Crippen LogP contribution in [-0.2, 0) is 23.6 Å². The molecule has 36 heavy (non-hydrogen) atoms. The van der Waals surface area contributed by atoms with Crippen LogP contribution in [0.4, 0.5) is 37.1 Å². The van der Waals surface area contributed by atoms with Gasteiger partial charge in [-0.15, -0.1) is 0 Å². The maximum atomic E-state index is 13.2. The number of anilines is 1. The van der Waals surface area contributed by atoms with Gasteiger partial charge >= 0.3 is 18.4 Å². The zero-order chi connectivity index (χ0) is 26.1. The van der Waals surface area contributed by atoms with Gasteiger partial charge in [0.05, 0.1) is 35.3 Å². The summed E-state index contributed by atoms with van der Waals surface area (Å²) < 4.78 is 85.2. The summed E-state index contributed by atoms with van der Waals surface area (Å²) in [4.78, 5) is 17.9. The molecule has 12 heteroatoms. The Morgan fingerprint density at radius 1 is 1.00 bits per heavy atom. The Bertz CT molecular complexity index is 1210. The lowest BCUT2D eigenvalue weighted by molar-refractivity contribution is -0.138. The van der Waals surface area contributed by atoms with Gasteiger partial charge in [-0.05, 0) is 55.7 Å². The number of hydrogen-bond acceptors (Lipinski definition) is 4. The van der Waals surface area contributed by atoms with Crippen LogP contribution in [0.25, 0.3) is 11.0 Å². The highest BCUT2D eigenvalue weighted by atomic mass is 19.4. The third kappa shape index (κ3) is 5.68. The van der Waals surface area contributed by atoms with Gasteiger partial charge in [0.2, 0.25) is 5.95 Å². The van der Waals surface area contributed by atoms with Crippen LogP contribution in [-0.4, -0.2) is 46.3 Å². The van der Waals surface area contributed by atoms with Gasteiger partial charge in [0.25, 0.3) is 0 Å². The largest absolute Gasteiger partial charge is 0.450 e. The van der Waals surface area contributed by atoms with Gasteiger partial charge in [-0.3, -0.25) is 0 Å². The number of likely N-dealkylation sites (tertiary alicyclic amines) is 1. The second kappa shape index (κ2) is 9.90. The molecule has 1 fully saturated rings. The number of carbonyl (C=O) groups is 1.